The molecule has 73 heavy (non-hydrogen) atoms. The summed E-state index contributed by atoms with van der Waals surface area (Å²) in [6.07, 6.45) is 5.81. The van der Waals surface area contributed by atoms with Crippen LogP contribution in [0.3, 0.4) is 0 Å². The van der Waals surface area contributed by atoms with Crippen LogP contribution in [-0.4, -0.2) is 22.2 Å². The molecule has 0 bridgehead atoms. The number of aromatic nitrogens is 4. The predicted molar refractivity (Wildman–Crippen MR) is 298 cm³/mol. The van der Waals surface area contributed by atoms with Crippen molar-refractivity contribution in [3.8, 4) is 62.1 Å². The van der Waals surface area contributed by atoms with Crippen LogP contribution >= 0.6 is 0 Å². The van der Waals surface area contributed by atoms with Crippen LogP contribution in [0, 0.1) is 18.5 Å². The summed E-state index contributed by atoms with van der Waals surface area (Å²) in [6, 6.07) is 85.1. The monoisotopic (exact) mass is 1140 g/mol. The molecule has 0 radical (unpaired) electrons. The minimum atomic E-state index is -2.37. The predicted octanol–water partition coefficient (Wildman–Crippen LogP) is 14.7. The Morgan fingerprint density at radius 3 is 1.86 bits per heavy atom. The summed E-state index contributed by atoms with van der Waals surface area (Å²) in [7, 11) is -2.37. The molecule has 3 heterocycles. The van der Waals surface area contributed by atoms with Gasteiger partial charge in [0.2, 0.25) is 0 Å². The summed E-state index contributed by atoms with van der Waals surface area (Å²) in [4.78, 5) is 4.88. The van der Waals surface area contributed by atoms with Crippen molar-refractivity contribution < 1.29 is 30.4 Å². The minimum absolute atomic E-state index is 0. The van der Waals surface area contributed by atoms with E-state index in [1.807, 2.05) is 24.4 Å². The normalized spacial score (nSPS) is 11.8. The van der Waals surface area contributed by atoms with Crippen LogP contribution in [0.25, 0.3) is 83.4 Å². The number of rotatable bonds is 10. The van der Waals surface area contributed by atoms with Gasteiger partial charge in [0, 0.05) is 44.3 Å². The van der Waals surface area contributed by atoms with Gasteiger partial charge in [-0.2, -0.15) is 18.2 Å². The van der Waals surface area contributed by atoms with Gasteiger partial charge in [0.15, 0.2) is 0 Å². The van der Waals surface area contributed by atoms with Gasteiger partial charge in [0.25, 0.3) is 6.33 Å². The minimum Gasteiger partial charge on any atom is -0.510 e. The number of nitrogens with zero attached hydrogens (tertiary/aromatic N) is 4. The quantitative estimate of drug-likeness (QED) is 0.0777. The van der Waals surface area contributed by atoms with Crippen LogP contribution in [0.5, 0.6) is 11.5 Å². The number of benzene rings is 9. The molecular weight excluding hydrogens is 1090 g/mol. The second-order valence-electron chi connectivity index (χ2n) is 20.1. The van der Waals surface area contributed by atoms with Gasteiger partial charge in [-0.3, -0.25) is 4.57 Å². The van der Waals surface area contributed by atoms with Gasteiger partial charge >= 0.3 is 0 Å². The maximum Gasteiger partial charge on any atom is 0.268 e. The molecule has 3 aromatic heterocycles. The van der Waals surface area contributed by atoms with Crippen LogP contribution in [-0.2, 0) is 26.5 Å². The van der Waals surface area contributed by atoms with Crippen LogP contribution < -0.4 is 19.7 Å². The molecule has 0 atom stereocenters. The van der Waals surface area contributed by atoms with E-state index in [4.69, 9.17) is 9.72 Å². The zero-order valence-corrected chi connectivity index (χ0v) is 44.6. The summed E-state index contributed by atoms with van der Waals surface area (Å²) in [5, 5.41) is 4.89. The Balaban J connectivity index is 0.00000574. The Kier molecular flexibility index (Phi) is 12.5. The third-order valence-electron chi connectivity index (χ3n) is 14.1. The van der Waals surface area contributed by atoms with Gasteiger partial charge in [0.05, 0.1) is 16.7 Å². The zero-order valence-electron chi connectivity index (χ0n) is 41.4. The zero-order chi connectivity index (χ0) is 49.0. The first-order valence-electron chi connectivity index (χ1n) is 24.6. The van der Waals surface area contributed by atoms with E-state index in [1.54, 1.807) is 0 Å². The third kappa shape index (κ3) is 8.85. The fourth-order valence-electron chi connectivity index (χ4n) is 10.2. The van der Waals surface area contributed by atoms with Gasteiger partial charge < -0.3 is 13.9 Å². The number of imidazole rings is 1. The molecule has 7 heteroatoms. The smallest absolute Gasteiger partial charge is 0.268 e. The van der Waals surface area contributed by atoms with E-state index >= 15 is 0 Å². The Morgan fingerprint density at radius 2 is 1.15 bits per heavy atom. The Hall–Kier alpha value is -7.89. The van der Waals surface area contributed by atoms with Crippen LogP contribution in [0.1, 0.15) is 26.3 Å². The molecule has 12 aromatic rings. The van der Waals surface area contributed by atoms with Crippen LogP contribution in [0.4, 0.5) is 0 Å². The van der Waals surface area contributed by atoms with Crippen molar-refractivity contribution in [3.63, 3.8) is 0 Å². The van der Waals surface area contributed by atoms with Crippen molar-refractivity contribution >= 4 is 51.3 Å². The molecule has 358 valence electrons. The molecule has 0 aliphatic carbocycles. The molecule has 0 aliphatic rings. The largest absolute Gasteiger partial charge is 0.510 e. The number of hydrogen-bond donors (Lipinski definition) is 0. The SMILES string of the molecule is CC(C)(C)c1ccnc(-n2c3[c-]c(Oc4[c-]c(-n5[c-][n+](-c6c(-c7cc(-c8ccccc8)cc(-c8ccccc8)c7)cccc6[Si](C)(C)c6ccccc6)c6ccccc65)ccc4)ccc3c3ccccc32)c1.[Pt]. The second-order valence-corrected chi connectivity index (χ2v) is 24.4. The van der Waals surface area contributed by atoms with Crippen LogP contribution in [0.2, 0.25) is 13.1 Å². The molecule has 5 nitrogen and oxygen atoms in total. The van der Waals surface area contributed by atoms with Gasteiger partial charge in [-0.1, -0.05) is 196 Å². The standard InChI is InChI=1S/C66H52N4OSi.Pt/c1-66(2,3)51-37-38-67-64(42-51)70-59-31-16-15-29-57(59)58-36-35-54(44-62(58)70)71-53-26-19-25-52(43-53)68-45-69(61-33-18-17-32-60(61)68)65-56(30-20-34-63(65)72(4,5)55-27-13-8-14-28-55)50-40-48(46-21-9-6-10-22-46)39-49(41-50)47-23-11-7-12-24-47;/h6-42H,1-5H3;/q-2;. The topological polar surface area (TPSA) is 35.9 Å². The van der Waals surface area contributed by atoms with Crippen LogP contribution in [0.15, 0.2) is 225 Å². The molecular formula is C66H52N4OPtSi-2. The van der Waals surface area contributed by atoms with Gasteiger partial charge in [0.1, 0.15) is 13.9 Å². The summed E-state index contributed by atoms with van der Waals surface area (Å²) in [5.41, 5.74) is 14.0. The summed E-state index contributed by atoms with van der Waals surface area (Å²) >= 11 is 0. The van der Waals surface area contributed by atoms with Crippen molar-refractivity contribution in [1.29, 1.82) is 0 Å². The van der Waals surface area contributed by atoms with Crippen molar-refractivity contribution in [2.24, 2.45) is 0 Å². The molecule has 0 fully saturated rings. The van der Waals surface area contributed by atoms with Crippen molar-refractivity contribution in [1.82, 2.24) is 14.1 Å². The van der Waals surface area contributed by atoms with Crippen molar-refractivity contribution in [2.45, 2.75) is 39.3 Å². The molecule has 0 aliphatic heterocycles. The summed E-state index contributed by atoms with van der Waals surface area (Å²) in [6.45, 7) is 11.6. The third-order valence-corrected chi connectivity index (χ3v) is 17.6. The van der Waals surface area contributed by atoms with E-state index in [1.165, 1.54) is 27.1 Å². The van der Waals surface area contributed by atoms with Gasteiger partial charge in [-0.05, 0) is 97.0 Å². The van der Waals surface area contributed by atoms with E-state index in [9.17, 15) is 0 Å². The van der Waals surface area contributed by atoms with E-state index in [0.717, 1.165) is 72.3 Å². The molecule has 0 unspecified atom stereocenters. The number of fused-ring (bicyclic) bond motifs is 4. The number of para-hydroxylation sites is 4. The van der Waals surface area contributed by atoms with Crippen molar-refractivity contribution in [2.75, 3.05) is 0 Å². The fourth-order valence-corrected chi connectivity index (χ4v) is 12.9. The fraction of sp³-hybridized carbons (Fsp3) is 0.0909. The Morgan fingerprint density at radius 1 is 0.534 bits per heavy atom. The molecule has 0 saturated heterocycles. The number of hydrogen-bond acceptors (Lipinski definition) is 2. The average molecular weight is 1140 g/mol. The number of ether oxygens (including phenoxy) is 1. The first-order valence-corrected chi connectivity index (χ1v) is 27.6. The molecule has 0 saturated carbocycles. The van der Waals surface area contributed by atoms with Gasteiger partial charge in [-0.25, -0.2) is 4.98 Å². The average Bonchev–Trinajstić information content (AvgIpc) is 3.97. The maximum atomic E-state index is 6.73. The maximum absolute atomic E-state index is 6.73. The Labute approximate surface area is 442 Å². The molecule has 0 spiro atoms. The first-order chi connectivity index (χ1) is 35.1. The summed E-state index contributed by atoms with van der Waals surface area (Å²) < 4.78 is 13.3. The Bertz CT molecular complexity index is 3910. The molecule has 9 aromatic carbocycles. The molecule has 12 rings (SSSR count). The first kappa shape index (κ1) is 47.4. The van der Waals surface area contributed by atoms with E-state index in [0.29, 0.717) is 11.5 Å². The van der Waals surface area contributed by atoms with Crippen molar-refractivity contribution in [3.05, 3.63) is 249 Å². The molecule has 0 N–H and O–H groups in total. The summed E-state index contributed by atoms with van der Waals surface area (Å²) in [5.74, 6) is 2.00. The second kappa shape index (κ2) is 19.3. The van der Waals surface area contributed by atoms with E-state index in [2.05, 4.69) is 266 Å². The van der Waals surface area contributed by atoms with Gasteiger partial charge in [-0.15, -0.1) is 29.7 Å². The number of pyridine rings is 1. The molecule has 0 amide bonds. The van der Waals surface area contributed by atoms with E-state index in [-0.39, 0.29) is 26.5 Å². The van der Waals surface area contributed by atoms with E-state index < -0.39 is 8.07 Å².